The van der Waals surface area contributed by atoms with Crippen LogP contribution in [0, 0.1) is 18.3 Å². The third-order valence-electron chi connectivity index (χ3n) is 1.98. The van der Waals surface area contributed by atoms with Gasteiger partial charge in [-0.05, 0) is 17.8 Å². The fraction of sp³-hybridized carbons (Fsp3) is 0.750. The lowest BCUT2D eigenvalue weighted by Gasteiger charge is -2.26. The Morgan fingerprint density at radius 1 is 1.38 bits per heavy atom. The average Bonchev–Trinajstić information content (AvgIpc) is 1.67. The Labute approximate surface area is 53.3 Å². The van der Waals surface area contributed by atoms with Gasteiger partial charge in [-0.1, -0.05) is 34.6 Å². The van der Waals surface area contributed by atoms with Crippen LogP contribution in [0.15, 0.2) is 0 Å². The standard InChI is InChI=1S/C8H16/c1-6-8(4,5)7(2)3/h1,6H2,2-5H3. The molecule has 0 heterocycles. The fourth-order valence-electron chi connectivity index (χ4n) is 0.250. The maximum Gasteiger partial charge on any atom is -0.0247 e. The van der Waals surface area contributed by atoms with Crippen LogP contribution in [0.2, 0.25) is 0 Å². The Bertz CT molecular complexity index is 60.4. The summed E-state index contributed by atoms with van der Waals surface area (Å²) in [5.41, 5.74) is 0.347. The molecule has 0 nitrogen and oxygen atoms in total. The van der Waals surface area contributed by atoms with Crippen LogP contribution in [-0.2, 0) is 0 Å². The van der Waals surface area contributed by atoms with Crippen LogP contribution >= 0.6 is 0 Å². The van der Waals surface area contributed by atoms with Gasteiger partial charge in [0.2, 0.25) is 0 Å². The summed E-state index contributed by atoms with van der Waals surface area (Å²) in [4.78, 5) is 0. The van der Waals surface area contributed by atoms with Crippen molar-refractivity contribution in [3.8, 4) is 0 Å². The first-order valence-electron chi connectivity index (χ1n) is 3.10. The molecule has 0 aromatic carbocycles. The lowest BCUT2D eigenvalue weighted by molar-refractivity contribution is 0.393. The van der Waals surface area contributed by atoms with E-state index in [1.54, 1.807) is 0 Å². The largest absolute Gasteiger partial charge is 0.0594 e. The van der Waals surface area contributed by atoms with Gasteiger partial charge in [-0.3, -0.25) is 0 Å². The summed E-state index contributed by atoms with van der Waals surface area (Å²) in [6, 6.07) is 0. The summed E-state index contributed by atoms with van der Waals surface area (Å²) < 4.78 is 0. The number of hydrogen-bond acceptors (Lipinski definition) is 0. The van der Waals surface area contributed by atoms with Crippen LogP contribution in [0.25, 0.3) is 0 Å². The van der Waals surface area contributed by atoms with E-state index in [9.17, 15) is 0 Å². The molecule has 0 aliphatic carbocycles. The quantitative estimate of drug-likeness (QED) is 0.515. The highest BCUT2D eigenvalue weighted by molar-refractivity contribution is 4.94. The van der Waals surface area contributed by atoms with Crippen LogP contribution in [0.3, 0.4) is 0 Å². The van der Waals surface area contributed by atoms with E-state index in [1.165, 1.54) is 5.92 Å². The summed E-state index contributed by atoms with van der Waals surface area (Å²) >= 11 is 0. The average molecular weight is 112 g/mol. The van der Waals surface area contributed by atoms with Crippen molar-refractivity contribution in [3.63, 3.8) is 0 Å². The van der Waals surface area contributed by atoms with Gasteiger partial charge in [-0.25, -0.2) is 0 Å². The van der Waals surface area contributed by atoms with E-state index >= 15 is 0 Å². The van der Waals surface area contributed by atoms with Crippen molar-refractivity contribution in [2.45, 2.75) is 34.1 Å². The molecule has 0 spiro atoms. The van der Waals surface area contributed by atoms with Crippen molar-refractivity contribution < 1.29 is 0 Å². The number of hydrogen-bond donors (Lipinski definition) is 0. The molecular formula is C8H16. The fourth-order valence-corrected chi connectivity index (χ4v) is 0.250. The smallest absolute Gasteiger partial charge is 0.0247 e. The molecule has 2 radical (unpaired) electrons. The van der Waals surface area contributed by atoms with E-state index in [2.05, 4.69) is 34.6 Å². The molecule has 0 aromatic rings. The van der Waals surface area contributed by atoms with Gasteiger partial charge in [0.25, 0.3) is 0 Å². The van der Waals surface area contributed by atoms with E-state index in [4.69, 9.17) is 0 Å². The molecule has 0 rings (SSSR count). The van der Waals surface area contributed by atoms with Gasteiger partial charge in [0.05, 0.1) is 0 Å². The molecule has 0 amide bonds. The van der Waals surface area contributed by atoms with Gasteiger partial charge in [0, 0.05) is 0 Å². The Morgan fingerprint density at radius 3 is 1.75 bits per heavy atom. The van der Waals surface area contributed by atoms with E-state index in [0.717, 1.165) is 6.42 Å². The van der Waals surface area contributed by atoms with Gasteiger partial charge in [0.15, 0.2) is 0 Å². The van der Waals surface area contributed by atoms with Crippen molar-refractivity contribution in [3.05, 3.63) is 12.8 Å². The van der Waals surface area contributed by atoms with Gasteiger partial charge >= 0.3 is 0 Å². The maximum atomic E-state index is 3.86. The van der Waals surface area contributed by atoms with Crippen molar-refractivity contribution in [1.82, 2.24) is 0 Å². The summed E-state index contributed by atoms with van der Waals surface area (Å²) in [6.45, 7) is 12.6. The monoisotopic (exact) mass is 112 g/mol. The molecule has 8 heavy (non-hydrogen) atoms. The van der Waals surface area contributed by atoms with Crippen molar-refractivity contribution >= 4 is 0 Å². The van der Waals surface area contributed by atoms with Gasteiger partial charge in [-0.15, -0.1) is 0 Å². The van der Waals surface area contributed by atoms with Crippen LogP contribution < -0.4 is 0 Å². The second-order valence-corrected chi connectivity index (χ2v) is 3.13. The molecular weight excluding hydrogens is 96.1 g/mol. The molecule has 0 unspecified atom stereocenters. The van der Waals surface area contributed by atoms with Gasteiger partial charge in [-0.2, -0.15) is 0 Å². The third kappa shape index (κ3) is 1.85. The minimum absolute atomic E-state index is 0.347. The third-order valence-corrected chi connectivity index (χ3v) is 1.98. The second kappa shape index (κ2) is 2.52. The van der Waals surface area contributed by atoms with E-state index in [0.29, 0.717) is 5.41 Å². The zero-order valence-electron chi connectivity index (χ0n) is 6.41. The SMILES string of the molecule is [CH2]CC(C)(C)[C](C)C. The van der Waals surface area contributed by atoms with Crippen LogP contribution in [-0.4, -0.2) is 0 Å². The van der Waals surface area contributed by atoms with Crippen molar-refractivity contribution in [2.75, 3.05) is 0 Å². The minimum atomic E-state index is 0.347. The summed E-state index contributed by atoms with van der Waals surface area (Å²) in [5, 5.41) is 0. The first-order valence-corrected chi connectivity index (χ1v) is 3.10. The van der Waals surface area contributed by atoms with E-state index in [-0.39, 0.29) is 0 Å². The summed E-state index contributed by atoms with van der Waals surface area (Å²) in [6.07, 6.45) is 0.995. The summed E-state index contributed by atoms with van der Waals surface area (Å²) in [7, 11) is 0. The molecule has 0 aromatic heterocycles. The molecule has 0 N–H and O–H groups in total. The lowest BCUT2D eigenvalue weighted by atomic mass is 9.79. The van der Waals surface area contributed by atoms with E-state index < -0.39 is 0 Å². The Balaban J connectivity index is 3.71. The molecule has 0 saturated carbocycles. The lowest BCUT2D eigenvalue weighted by Crippen LogP contribution is -2.15. The first-order chi connectivity index (χ1) is 3.50. The Kier molecular flexibility index (Phi) is 2.52. The highest BCUT2D eigenvalue weighted by Gasteiger charge is 2.19. The van der Waals surface area contributed by atoms with Crippen LogP contribution in [0.5, 0.6) is 0 Å². The van der Waals surface area contributed by atoms with Gasteiger partial charge in [0.1, 0.15) is 0 Å². The zero-order valence-corrected chi connectivity index (χ0v) is 6.41. The van der Waals surface area contributed by atoms with Crippen LogP contribution in [0.1, 0.15) is 34.1 Å². The molecule has 0 aliphatic rings. The predicted octanol–water partition coefficient (Wildman–Crippen LogP) is 2.85. The maximum absolute atomic E-state index is 3.86. The molecule has 48 valence electrons. The van der Waals surface area contributed by atoms with Crippen molar-refractivity contribution in [2.24, 2.45) is 5.41 Å². The molecule has 0 aliphatic heterocycles. The Morgan fingerprint density at radius 2 is 1.75 bits per heavy atom. The topological polar surface area (TPSA) is 0 Å². The van der Waals surface area contributed by atoms with E-state index in [1.807, 2.05) is 0 Å². The summed E-state index contributed by atoms with van der Waals surface area (Å²) in [5.74, 6) is 1.47. The predicted molar refractivity (Wildman–Crippen MR) is 38.3 cm³/mol. The van der Waals surface area contributed by atoms with Crippen LogP contribution in [0.4, 0.5) is 0 Å². The van der Waals surface area contributed by atoms with Gasteiger partial charge < -0.3 is 0 Å². The minimum Gasteiger partial charge on any atom is -0.0594 e. The molecule has 0 bridgehead atoms. The molecule has 0 heteroatoms. The molecule has 0 atom stereocenters. The zero-order chi connectivity index (χ0) is 6.78. The number of rotatable bonds is 2. The highest BCUT2D eigenvalue weighted by atomic mass is 14.2. The Hall–Kier alpha value is 0. The van der Waals surface area contributed by atoms with Crippen molar-refractivity contribution in [1.29, 1.82) is 0 Å². The molecule has 0 saturated heterocycles. The highest BCUT2D eigenvalue weighted by Crippen LogP contribution is 2.30. The normalized spacial score (nSPS) is 12.8. The molecule has 0 fully saturated rings. The first kappa shape index (κ1) is 8.00. The second-order valence-electron chi connectivity index (χ2n) is 3.13.